The average Bonchev–Trinajstić information content (AvgIpc) is 1.77. The minimum Gasteiger partial charge on any atom is -0.396 e. The van der Waals surface area contributed by atoms with E-state index in [0.29, 0.717) is 11.8 Å². The van der Waals surface area contributed by atoms with Gasteiger partial charge in [0.15, 0.2) is 0 Å². The topological polar surface area (TPSA) is 20.2 Å². The third-order valence-corrected chi connectivity index (χ3v) is 2.09. The molecule has 0 heterocycles. The van der Waals surface area contributed by atoms with Crippen LogP contribution >= 0.6 is 0 Å². The molecule has 1 saturated carbocycles. The number of aliphatic hydroxyl groups is 1. The number of hydrogen-bond acceptors (Lipinski definition) is 1. The van der Waals surface area contributed by atoms with Crippen molar-refractivity contribution in [3.63, 3.8) is 0 Å². The molecule has 1 nitrogen and oxygen atoms in total. The van der Waals surface area contributed by atoms with Gasteiger partial charge in [-0.05, 0) is 31.1 Å². The van der Waals surface area contributed by atoms with Crippen LogP contribution < -0.4 is 0 Å². The molecule has 9 heavy (non-hydrogen) atoms. The molecule has 0 aromatic heterocycles. The third kappa shape index (κ3) is 1.65. The highest BCUT2D eigenvalue weighted by Gasteiger charge is 2.27. The number of hydrogen-bond donors (Lipinski definition) is 1. The number of alkyl halides is 1. The van der Waals surface area contributed by atoms with Gasteiger partial charge in [-0.25, -0.2) is 0 Å². The number of rotatable bonds is 3. The monoisotopic (exact) mass is 132 g/mol. The predicted molar refractivity (Wildman–Crippen MR) is 33.9 cm³/mol. The summed E-state index contributed by atoms with van der Waals surface area (Å²) in [6, 6.07) is 0. The van der Waals surface area contributed by atoms with Crippen molar-refractivity contribution in [3.8, 4) is 0 Å². The van der Waals surface area contributed by atoms with Crippen LogP contribution in [0.2, 0.25) is 0 Å². The molecular weight excluding hydrogens is 119 g/mol. The van der Waals surface area contributed by atoms with Crippen molar-refractivity contribution in [1.29, 1.82) is 0 Å². The van der Waals surface area contributed by atoms with Crippen LogP contribution in [0, 0.1) is 11.8 Å². The summed E-state index contributed by atoms with van der Waals surface area (Å²) in [7, 11) is 0. The SMILES string of the molecule is OCCC1CC(CF)C1. The highest BCUT2D eigenvalue weighted by molar-refractivity contribution is 4.78. The minimum absolute atomic E-state index is 0.165. The first-order valence-corrected chi connectivity index (χ1v) is 3.53. The molecule has 0 saturated heterocycles. The van der Waals surface area contributed by atoms with Gasteiger partial charge < -0.3 is 5.11 Å². The van der Waals surface area contributed by atoms with Gasteiger partial charge in [0, 0.05) is 6.61 Å². The Balaban J connectivity index is 1.98. The summed E-state index contributed by atoms with van der Waals surface area (Å²) in [5.74, 6) is 0.942. The lowest BCUT2D eigenvalue weighted by Gasteiger charge is -2.32. The summed E-state index contributed by atoms with van der Waals surface area (Å²) in [5.41, 5.74) is 0. The van der Waals surface area contributed by atoms with Gasteiger partial charge in [-0.3, -0.25) is 4.39 Å². The second kappa shape index (κ2) is 3.16. The van der Waals surface area contributed by atoms with E-state index in [9.17, 15) is 4.39 Å². The Morgan fingerprint density at radius 2 is 2.00 bits per heavy atom. The van der Waals surface area contributed by atoms with Crippen LogP contribution in [0.15, 0.2) is 0 Å². The standard InChI is InChI=1S/C7H13FO/c8-5-7-3-6(4-7)1-2-9/h6-7,9H,1-5H2. The van der Waals surface area contributed by atoms with E-state index < -0.39 is 0 Å². The summed E-state index contributed by atoms with van der Waals surface area (Å²) in [6.07, 6.45) is 2.87. The Labute approximate surface area is 54.9 Å². The van der Waals surface area contributed by atoms with E-state index >= 15 is 0 Å². The zero-order valence-electron chi connectivity index (χ0n) is 5.52. The van der Waals surface area contributed by atoms with Crippen LogP contribution in [-0.4, -0.2) is 18.4 Å². The largest absolute Gasteiger partial charge is 0.396 e. The lowest BCUT2D eigenvalue weighted by Crippen LogP contribution is -2.25. The van der Waals surface area contributed by atoms with Gasteiger partial charge in [-0.15, -0.1) is 0 Å². The highest BCUT2D eigenvalue weighted by atomic mass is 19.1. The van der Waals surface area contributed by atoms with Gasteiger partial charge >= 0.3 is 0 Å². The maximum Gasteiger partial charge on any atom is 0.0922 e. The van der Waals surface area contributed by atoms with E-state index in [-0.39, 0.29) is 13.3 Å². The summed E-state index contributed by atoms with van der Waals surface area (Å²) >= 11 is 0. The quantitative estimate of drug-likeness (QED) is 0.614. The molecule has 1 N–H and O–H groups in total. The van der Waals surface area contributed by atoms with Crippen molar-refractivity contribution in [2.75, 3.05) is 13.3 Å². The average molecular weight is 132 g/mol. The van der Waals surface area contributed by atoms with Crippen molar-refractivity contribution in [1.82, 2.24) is 0 Å². The molecule has 1 fully saturated rings. The fraction of sp³-hybridized carbons (Fsp3) is 1.00. The Morgan fingerprint density at radius 1 is 1.33 bits per heavy atom. The van der Waals surface area contributed by atoms with Crippen LogP contribution in [0.3, 0.4) is 0 Å². The van der Waals surface area contributed by atoms with Crippen LogP contribution in [0.5, 0.6) is 0 Å². The molecule has 2 heteroatoms. The maximum absolute atomic E-state index is 11.8. The molecule has 54 valence electrons. The molecular formula is C7H13FO. The number of aliphatic hydroxyl groups excluding tert-OH is 1. The molecule has 0 spiro atoms. The smallest absolute Gasteiger partial charge is 0.0922 e. The van der Waals surface area contributed by atoms with Crippen LogP contribution in [0.1, 0.15) is 19.3 Å². The van der Waals surface area contributed by atoms with E-state index in [1.54, 1.807) is 0 Å². The zero-order valence-corrected chi connectivity index (χ0v) is 5.52. The normalized spacial score (nSPS) is 34.0. The molecule has 0 amide bonds. The molecule has 1 rings (SSSR count). The highest BCUT2D eigenvalue weighted by Crippen LogP contribution is 2.35. The van der Waals surface area contributed by atoms with Crippen molar-refractivity contribution < 1.29 is 9.50 Å². The van der Waals surface area contributed by atoms with Gasteiger partial charge in [0.1, 0.15) is 0 Å². The van der Waals surface area contributed by atoms with Crippen molar-refractivity contribution in [3.05, 3.63) is 0 Å². The first kappa shape index (κ1) is 7.00. The summed E-state index contributed by atoms with van der Waals surface area (Å²) in [5, 5.41) is 8.47. The molecule has 0 bridgehead atoms. The van der Waals surface area contributed by atoms with E-state index in [2.05, 4.69) is 0 Å². The van der Waals surface area contributed by atoms with E-state index in [1.165, 1.54) is 0 Å². The minimum atomic E-state index is -0.165. The number of halogens is 1. The molecule has 1 aliphatic rings. The Bertz CT molecular complexity index is 79.0. The van der Waals surface area contributed by atoms with E-state index in [1.807, 2.05) is 0 Å². The summed E-state index contributed by atoms with van der Waals surface area (Å²) < 4.78 is 11.8. The fourth-order valence-corrected chi connectivity index (χ4v) is 1.42. The molecule has 0 aliphatic heterocycles. The Morgan fingerprint density at radius 3 is 2.44 bits per heavy atom. The second-order valence-corrected chi connectivity index (χ2v) is 2.87. The predicted octanol–water partition coefficient (Wildman–Crippen LogP) is 1.36. The summed E-state index contributed by atoms with van der Waals surface area (Å²) in [4.78, 5) is 0. The van der Waals surface area contributed by atoms with Crippen LogP contribution in [0.25, 0.3) is 0 Å². The first-order chi connectivity index (χ1) is 4.36. The van der Waals surface area contributed by atoms with E-state index in [4.69, 9.17) is 5.11 Å². The van der Waals surface area contributed by atoms with Gasteiger partial charge in [0.2, 0.25) is 0 Å². The maximum atomic E-state index is 11.8. The van der Waals surface area contributed by atoms with E-state index in [0.717, 1.165) is 19.3 Å². The summed E-state index contributed by atoms with van der Waals surface area (Å²) in [6.45, 7) is 0.103. The molecule has 1 aliphatic carbocycles. The lowest BCUT2D eigenvalue weighted by molar-refractivity contribution is 0.123. The molecule has 0 radical (unpaired) electrons. The zero-order chi connectivity index (χ0) is 6.69. The second-order valence-electron chi connectivity index (χ2n) is 2.87. The van der Waals surface area contributed by atoms with Gasteiger partial charge in [0.05, 0.1) is 6.67 Å². The van der Waals surface area contributed by atoms with Gasteiger partial charge in [-0.2, -0.15) is 0 Å². The third-order valence-electron chi connectivity index (χ3n) is 2.09. The molecule has 0 aromatic carbocycles. The van der Waals surface area contributed by atoms with Gasteiger partial charge in [0.25, 0.3) is 0 Å². The van der Waals surface area contributed by atoms with Crippen molar-refractivity contribution in [2.24, 2.45) is 11.8 Å². The van der Waals surface area contributed by atoms with Crippen LogP contribution in [-0.2, 0) is 0 Å². The first-order valence-electron chi connectivity index (χ1n) is 3.53. The van der Waals surface area contributed by atoms with Crippen molar-refractivity contribution >= 4 is 0 Å². The van der Waals surface area contributed by atoms with Gasteiger partial charge in [-0.1, -0.05) is 0 Å². The lowest BCUT2D eigenvalue weighted by atomic mass is 9.74. The Hall–Kier alpha value is -0.110. The fourth-order valence-electron chi connectivity index (χ4n) is 1.42. The van der Waals surface area contributed by atoms with Crippen LogP contribution in [0.4, 0.5) is 4.39 Å². The molecule has 0 aromatic rings. The molecule has 0 atom stereocenters. The molecule has 0 unspecified atom stereocenters. The Kier molecular flexibility index (Phi) is 2.46. The van der Waals surface area contributed by atoms with Crippen molar-refractivity contribution in [2.45, 2.75) is 19.3 Å².